The molecule has 0 spiro atoms. The molecule has 6 nitrogen and oxygen atoms in total. The van der Waals surface area contributed by atoms with E-state index in [0.717, 1.165) is 23.3 Å². The van der Waals surface area contributed by atoms with Crippen LogP contribution in [-0.2, 0) is 4.79 Å². The average molecular weight is 412 g/mol. The van der Waals surface area contributed by atoms with Crippen molar-refractivity contribution in [2.45, 2.75) is 38.5 Å². The van der Waals surface area contributed by atoms with Gasteiger partial charge in [-0.05, 0) is 50.1 Å². The summed E-state index contributed by atoms with van der Waals surface area (Å²) in [4.78, 5) is 12.4. The molecule has 1 atom stereocenters. The maximum absolute atomic E-state index is 12.4. The third-order valence-corrected chi connectivity index (χ3v) is 5.19. The van der Waals surface area contributed by atoms with E-state index in [9.17, 15) is 4.79 Å². The number of ether oxygens (including phenoxy) is 1. The number of carbonyl (C=O) groups is 1. The highest BCUT2D eigenvalue weighted by Crippen LogP contribution is 2.25. The zero-order valence-electron chi connectivity index (χ0n) is 16.8. The number of hydrogen-bond acceptors (Lipinski definition) is 6. The van der Waals surface area contributed by atoms with E-state index in [0.29, 0.717) is 17.7 Å². The molecule has 0 aliphatic heterocycles. The van der Waals surface area contributed by atoms with Crippen molar-refractivity contribution in [1.82, 2.24) is 15.5 Å². The minimum absolute atomic E-state index is 0.00852. The van der Waals surface area contributed by atoms with Gasteiger partial charge in [-0.2, -0.15) is 0 Å². The molecule has 3 rings (SSSR count). The van der Waals surface area contributed by atoms with Crippen LogP contribution < -0.4 is 10.1 Å². The molecule has 0 fully saturated rings. The standard InChI is InChI=1S/C22H25N3O3S/c1-4-19(16-8-6-15(3)7-9-16)23-20(26)14-29-22-25-24-21(28-22)17-10-12-18(13-11-17)27-5-2/h6-13,19H,4-5,14H2,1-3H3,(H,23,26)/t19-/m0/s1. The van der Waals surface area contributed by atoms with Crippen LogP contribution in [0.5, 0.6) is 5.75 Å². The quantitative estimate of drug-likeness (QED) is 0.510. The van der Waals surface area contributed by atoms with Crippen LogP contribution in [-0.4, -0.2) is 28.5 Å². The van der Waals surface area contributed by atoms with Gasteiger partial charge in [-0.1, -0.05) is 48.5 Å². The molecule has 7 heteroatoms. The first-order valence-electron chi connectivity index (χ1n) is 9.64. The third-order valence-electron chi connectivity index (χ3n) is 4.37. The topological polar surface area (TPSA) is 77.2 Å². The van der Waals surface area contributed by atoms with E-state index >= 15 is 0 Å². The van der Waals surface area contributed by atoms with Gasteiger partial charge in [0.15, 0.2) is 0 Å². The fourth-order valence-corrected chi connectivity index (χ4v) is 3.40. The van der Waals surface area contributed by atoms with Crippen molar-refractivity contribution < 1.29 is 13.9 Å². The summed E-state index contributed by atoms with van der Waals surface area (Å²) in [5.74, 6) is 1.36. The van der Waals surface area contributed by atoms with Gasteiger partial charge in [0.05, 0.1) is 18.4 Å². The molecule has 1 N–H and O–H groups in total. The predicted molar refractivity (Wildman–Crippen MR) is 114 cm³/mol. The third kappa shape index (κ3) is 5.84. The summed E-state index contributed by atoms with van der Waals surface area (Å²) in [5.41, 5.74) is 3.11. The van der Waals surface area contributed by atoms with Crippen molar-refractivity contribution in [3.8, 4) is 17.2 Å². The van der Waals surface area contributed by atoms with E-state index in [4.69, 9.17) is 9.15 Å². The lowest BCUT2D eigenvalue weighted by atomic mass is 10.0. The fraction of sp³-hybridized carbons (Fsp3) is 0.318. The highest BCUT2D eigenvalue weighted by atomic mass is 32.2. The number of aromatic nitrogens is 2. The van der Waals surface area contributed by atoms with E-state index in [1.54, 1.807) is 0 Å². The largest absolute Gasteiger partial charge is 0.494 e. The monoisotopic (exact) mass is 411 g/mol. The molecule has 0 saturated heterocycles. The molecule has 0 aliphatic carbocycles. The van der Waals surface area contributed by atoms with Gasteiger partial charge in [-0.25, -0.2) is 0 Å². The molecule has 0 bridgehead atoms. The fourth-order valence-electron chi connectivity index (χ4n) is 2.83. The molecular formula is C22H25N3O3S. The van der Waals surface area contributed by atoms with Gasteiger partial charge in [0.1, 0.15) is 5.75 Å². The summed E-state index contributed by atoms with van der Waals surface area (Å²) >= 11 is 1.23. The van der Waals surface area contributed by atoms with Crippen molar-refractivity contribution in [1.29, 1.82) is 0 Å². The second-order valence-electron chi connectivity index (χ2n) is 6.56. The molecule has 0 unspecified atom stereocenters. The smallest absolute Gasteiger partial charge is 0.277 e. The highest BCUT2D eigenvalue weighted by Gasteiger charge is 2.15. The first-order valence-corrected chi connectivity index (χ1v) is 10.6. The number of carbonyl (C=O) groups excluding carboxylic acids is 1. The number of aryl methyl sites for hydroxylation is 1. The second kappa shape index (κ2) is 10.1. The summed E-state index contributed by atoms with van der Waals surface area (Å²) in [6, 6.07) is 15.7. The molecule has 0 aliphatic rings. The van der Waals surface area contributed by atoms with Crippen LogP contribution in [0.25, 0.3) is 11.5 Å². The van der Waals surface area contributed by atoms with Crippen molar-refractivity contribution >= 4 is 17.7 Å². The molecule has 2 aromatic carbocycles. The SMILES string of the molecule is CCOc1ccc(-c2nnc(SCC(=O)N[C@@H](CC)c3ccc(C)cc3)o2)cc1. The van der Waals surface area contributed by atoms with E-state index in [1.165, 1.54) is 17.3 Å². The number of thioether (sulfide) groups is 1. The predicted octanol–water partition coefficient (Wildman–Crippen LogP) is 4.80. The second-order valence-corrected chi connectivity index (χ2v) is 7.48. The number of amides is 1. The molecule has 1 heterocycles. The Morgan fingerprint density at radius 1 is 1.10 bits per heavy atom. The molecular weight excluding hydrogens is 386 g/mol. The van der Waals surface area contributed by atoms with Crippen molar-refractivity contribution in [2.24, 2.45) is 0 Å². The van der Waals surface area contributed by atoms with Crippen LogP contribution in [0.3, 0.4) is 0 Å². The highest BCUT2D eigenvalue weighted by molar-refractivity contribution is 7.99. The lowest BCUT2D eigenvalue weighted by Crippen LogP contribution is -2.29. The molecule has 3 aromatic rings. The molecule has 1 amide bonds. The lowest BCUT2D eigenvalue weighted by molar-refractivity contribution is -0.119. The van der Waals surface area contributed by atoms with Gasteiger partial charge in [-0.3, -0.25) is 4.79 Å². The van der Waals surface area contributed by atoms with Crippen molar-refractivity contribution in [3.63, 3.8) is 0 Å². The summed E-state index contributed by atoms with van der Waals surface area (Å²) in [6.07, 6.45) is 0.821. The number of benzene rings is 2. The van der Waals surface area contributed by atoms with Gasteiger partial charge < -0.3 is 14.5 Å². The summed E-state index contributed by atoms with van der Waals surface area (Å²) < 4.78 is 11.1. The van der Waals surface area contributed by atoms with Crippen LogP contribution in [0.2, 0.25) is 0 Å². The van der Waals surface area contributed by atoms with Crippen LogP contribution >= 0.6 is 11.8 Å². The molecule has 152 valence electrons. The summed E-state index contributed by atoms with van der Waals surface area (Å²) in [5, 5.41) is 11.5. The number of nitrogens with one attached hydrogen (secondary N) is 1. The van der Waals surface area contributed by atoms with E-state index in [1.807, 2.05) is 38.1 Å². The summed E-state index contributed by atoms with van der Waals surface area (Å²) in [7, 11) is 0. The maximum atomic E-state index is 12.4. The normalized spacial score (nSPS) is 11.8. The average Bonchev–Trinajstić information content (AvgIpc) is 3.21. The van der Waals surface area contributed by atoms with Gasteiger partial charge in [0.25, 0.3) is 5.22 Å². The van der Waals surface area contributed by atoms with E-state index < -0.39 is 0 Å². The minimum atomic E-state index is -0.0664. The Hall–Kier alpha value is -2.80. The lowest BCUT2D eigenvalue weighted by Gasteiger charge is -2.17. The maximum Gasteiger partial charge on any atom is 0.277 e. The van der Waals surface area contributed by atoms with Crippen LogP contribution in [0, 0.1) is 6.92 Å². The van der Waals surface area contributed by atoms with Crippen molar-refractivity contribution in [2.75, 3.05) is 12.4 Å². The van der Waals surface area contributed by atoms with Gasteiger partial charge in [0.2, 0.25) is 11.8 Å². The van der Waals surface area contributed by atoms with Crippen LogP contribution in [0.15, 0.2) is 58.2 Å². The Kier molecular flexibility index (Phi) is 7.30. The van der Waals surface area contributed by atoms with Gasteiger partial charge >= 0.3 is 0 Å². The Bertz CT molecular complexity index is 923. The molecule has 0 saturated carbocycles. The Balaban J connectivity index is 1.54. The molecule has 29 heavy (non-hydrogen) atoms. The van der Waals surface area contributed by atoms with Crippen molar-refractivity contribution in [3.05, 3.63) is 59.7 Å². The minimum Gasteiger partial charge on any atom is -0.494 e. The number of nitrogens with zero attached hydrogens (tertiary/aromatic N) is 2. The first-order chi connectivity index (χ1) is 14.1. The van der Waals surface area contributed by atoms with E-state index in [2.05, 4.69) is 46.7 Å². The Morgan fingerprint density at radius 2 is 1.83 bits per heavy atom. The number of rotatable bonds is 9. The number of hydrogen-bond donors (Lipinski definition) is 1. The molecule has 1 aromatic heterocycles. The Morgan fingerprint density at radius 3 is 2.48 bits per heavy atom. The first kappa shape index (κ1) is 20.9. The summed E-state index contributed by atoms with van der Waals surface area (Å²) in [6.45, 7) is 6.66. The Labute approximate surface area is 175 Å². The van der Waals surface area contributed by atoms with Crippen LogP contribution in [0.1, 0.15) is 37.4 Å². The van der Waals surface area contributed by atoms with Crippen LogP contribution in [0.4, 0.5) is 0 Å². The zero-order valence-corrected chi connectivity index (χ0v) is 17.7. The van der Waals surface area contributed by atoms with Gasteiger partial charge in [0, 0.05) is 5.56 Å². The van der Waals surface area contributed by atoms with E-state index in [-0.39, 0.29) is 17.7 Å². The zero-order chi connectivity index (χ0) is 20.6. The van der Waals surface area contributed by atoms with Gasteiger partial charge in [-0.15, -0.1) is 10.2 Å². The molecule has 0 radical (unpaired) electrons.